The van der Waals surface area contributed by atoms with E-state index in [-0.39, 0.29) is 11.5 Å². The Bertz CT molecular complexity index is 1490. The van der Waals surface area contributed by atoms with E-state index in [4.69, 9.17) is 25.8 Å². The highest BCUT2D eigenvalue weighted by Gasteiger charge is 2.36. The first kappa shape index (κ1) is 28.5. The van der Waals surface area contributed by atoms with E-state index in [9.17, 15) is 14.4 Å². The molecule has 3 aromatic rings. The molecule has 0 atom stereocenters. The van der Waals surface area contributed by atoms with Crippen molar-refractivity contribution in [1.82, 2.24) is 4.90 Å². The van der Waals surface area contributed by atoms with Crippen LogP contribution in [0.3, 0.4) is 0 Å². The molecule has 0 bridgehead atoms. The highest BCUT2D eigenvalue weighted by molar-refractivity contribution is 8.18. The summed E-state index contributed by atoms with van der Waals surface area (Å²) in [5.74, 6) is -0.0272. The minimum absolute atomic E-state index is 0.211. The number of hydrogen-bond donors (Lipinski definition) is 1. The van der Waals surface area contributed by atoms with Gasteiger partial charge in [-0.25, -0.2) is 0 Å². The number of benzene rings is 3. The second-order valence-electron chi connectivity index (χ2n) is 9.22. The lowest BCUT2D eigenvalue weighted by molar-refractivity contribution is -0.127. The predicted molar refractivity (Wildman–Crippen MR) is 160 cm³/mol. The van der Waals surface area contributed by atoms with Crippen LogP contribution in [0.1, 0.15) is 11.1 Å². The van der Waals surface area contributed by atoms with Gasteiger partial charge in [0.2, 0.25) is 5.91 Å². The summed E-state index contributed by atoms with van der Waals surface area (Å²) in [6.07, 6.45) is 1.59. The highest BCUT2D eigenvalue weighted by atomic mass is 35.5. The largest absolute Gasteiger partial charge is 0.493 e. The Balaban J connectivity index is 1.24. The zero-order chi connectivity index (χ0) is 28.8. The van der Waals surface area contributed by atoms with Crippen LogP contribution in [0, 0.1) is 0 Å². The average Bonchev–Trinajstić information content (AvgIpc) is 3.25. The van der Waals surface area contributed by atoms with Crippen molar-refractivity contribution in [1.29, 1.82) is 0 Å². The van der Waals surface area contributed by atoms with Crippen molar-refractivity contribution in [2.75, 3.05) is 50.2 Å². The first-order chi connectivity index (χ1) is 19.9. The summed E-state index contributed by atoms with van der Waals surface area (Å²) in [6.45, 7) is 2.50. The monoisotopic (exact) mass is 593 g/mol. The minimum Gasteiger partial charge on any atom is -0.493 e. The van der Waals surface area contributed by atoms with Crippen LogP contribution in [0.4, 0.5) is 16.2 Å². The Kier molecular flexibility index (Phi) is 9.13. The van der Waals surface area contributed by atoms with Gasteiger partial charge in [0.25, 0.3) is 11.1 Å². The van der Waals surface area contributed by atoms with Crippen molar-refractivity contribution in [2.24, 2.45) is 0 Å². The van der Waals surface area contributed by atoms with Crippen LogP contribution in [0.2, 0.25) is 5.02 Å². The van der Waals surface area contributed by atoms with Crippen LogP contribution < -0.4 is 19.7 Å². The van der Waals surface area contributed by atoms with Crippen molar-refractivity contribution in [2.45, 2.75) is 6.61 Å². The van der Waals surface area contributed by atoms with E-state index in [1.54, 1.807) is 36.4 Å². The Hall–Kier alpha value is -3.99. The maximum atomic E-state index is 13.1. The minimum atomic E-state index is -0.533. The number of imide groups is 1. The Morgan fingerprint density at radius 3 is 2.59 bits per heavy atom. The molecule has 41 heavy (non-hydrogen) atoms. The first-order valence-corrected chi connectivity index (χ1v) is 14.1. The molecule has 0 unspecified atom stereocenters. The molecule has 212 valence electrons. The summed E-state index contributed by atoms with van der Waals surface area (Å²) in [5.41, 5.74) is 2.96. The summed E-state index contributed by atoms with van der Waals surface area (Å²) in [6, 6.07) is 20.0. The van der Waals surface area contributed by atoms with Crippen molar-refractivity contribution in [3.05, 3.63) is 87.8 Å². The van der Waals surface area contributed by atoms with Gasteiger partial charge >= 0.3 is 0 Å². The number of hydrogen-bond acceptors (Lipinski definition) is 8. The molecule has 1 N–H and O–H groups in total. The summed E-state index contributed by atoms with van der Waals surface area (Å²) in [5, 5.41) is 2.95. The molecule has 5 rings (SSSR count). The number of carbonyl (C=O) groups excluding carboxylic acids is 3. The number of nitrogens with one attached hydrogen (secondary N) is 1. The van der Waals surface area contributed by atoms with E-state index >= 15 is 0 Å². The topological polar surface area (TPSA) is 97.4 Å². The standard InChI is InChI=1S/C30H28ClN3O6S/c1-38-26-16-20(10-11-25(26)40-19-21-6-2-3-7-22(21)31)17-27-29(36)34(30(37)41-27)18-28(35)32-23-8-4-5-9-24(23)33-12-14-39-15-13-33/h2-11,16-17H,12-15,18-19H2,1H3,(H,32,35)/b27-17+. The molecule has 3 aromatic carbocycles. The quantitative estimate of drug-likeness (QED) is 0.328. The molecular weight excluding hydrogens is 566 g/mol. The van der Waals surface area contributed by atoms with Gasteiger partial charge in [-0.1, -0.05) is 48.0 Å². The lowest BCUT2D eigenvalue weighted by Gasteiger charge is -2.30. The fraction of sp³-hybridized carbons (Fsp3) is 0.233. The van der Waals surface area contributed by atoms with E-state index in [1.807, 2.05) is 36.4 Å². The molecule has 3 amide bonds. The van der Waals surface area contributed by atoms with Gasteiger partial charge in [-0.3, -0.25) is 19.3 Å². The number of nitrogens with zero attached hydrogens (tertiary/aromatic N) is 2. The maximum absolute atomic E-state index is 13.1. The number of halogens is 1. The molecule has 2 aliphatic rings. The number of thioether (sulfide) groups is 1. The van der Waals surface area contributed by atoms with Gasteiger partial charge in [-0.05, 0) is 53.7 Å². The Labute approximate surface area is 247 Å². The number of methoxy groups -OCH3 is 1. The Morgan fingerprint density at radius 1 is 1.05 bits per heavy atom. The van der Waals surface area contributed by atoms with Crippen molar-refractivity contribution in [3.63, 3.8) is 0 Å². The number of morpholine rings is 1. The highest BCUT2D eigenvalue weighted by Crippen LogP contribution is 2.35. The molecule has 2 heterocycles. The van der Waals surface area contributed by atoms with Crippen molar-refractivity contribution < 1.29 is 28.6 Å². The van der Waals surface area contributed by atoms with E-state index in [0.717, 1.165) is 27.9 Å². The summed E-state index contributed by atoms with van der Waals surface area (Å²) in [7, 11) is 1.52. The maximum Gasteiger partial charge on any atom is 0.294 e. The van der Waals surface area contributed by atoms with Crippen LogP contribution in [0.25, 0.3) is 6.08 Å². The number of para-hydroxylation sites is 2. The smallest absolute Gasteiger partial charge is 0.294 e. The van der Waals surface area contributed by atoms with Gasteiger partial charge in [-0.15, -0.1) is 0 Å². The molecule has 0 spiro atoms. The number of rotatable bonds is 9. The van der Waals surface area contributed by atoms with E-state index in [1.165, 1.54) is 7.11 Å². The molecule has 9 nitrogen and oxygen atoms in total. The van der Waals surface area contributed by atoms with Gasteiger partial charge < -0.3 is 24.4 Å². The fourth-order valence-electron chi connectivity index (χ4n) is 4.44. The van der Waals surface area contributed by atoms with Crippen molar-refractivity contribution >= 4 is 57.9 Å². The van der Waals surface area contributed by atoms with Gasteiger partial charge in [0, 0.05) is 23.7 Å². The number of anilines is 2. The van der Waals surface area contributed by atoms with Gasteiger partial charge in [0.15, 0.2) is 11.5 Å². The van der Waals surface area contributed by atoms with Crippen LogP contribution in [0.15, 0.2) is 71.6 Å². The molecule has 0 aromatic heterocycles. The zero-order valence-corrected chi connectivity index (χ0v) is 23.9. The summed E-state index contributed by atoms with van der Waals surface area (Å²) in [4.78, 5) is 41.9. The van der Waals surface area contributed by atoms with Crippen LogP contribution in [-0.2, 0) is 20.9 Å². The first-order valence-electron chi connectivity index (χ1n) is 12.9. The normalized spacial score (nSPS) is 16.3. The third-order valence-electron chi connectivity index (χ3n) is 6.53. The molecular formula is C30H28ClN3O6S. The molecule has 0 saturated carbocycles. The van der Waals surface area contributed by atoms with E-state index in [2.05, 4.69) is 10.2 Å². The third-order valence-corrected chi connectivity index (χ3v) is 7.81. The van der Waals surface area contributed by atoms with Crippen LogP contribution in [0.5, 0.6) is 11.5 Å². The second kappa shape index (κ2) is 13.1. The number of ether oxygens (including phenoxy) is 3. The zero-order valence-electron chi connectivity index (χ0n) is 22.3. The van der Waals surface area contributed by atoms with Gasteiger partial charge in [0.05, 0.1) is 36.6 Å². The van der Waals surface area contributed by atoms with E-state index in [0.29, 0.717) is 54.1 Å². The molecule has 2 fully saturated rings. The van der Waals surface area contributed by atoms with Gasteiger partial charge in [0.1, 0.15) is 13.2 Å². The van der Waals surface area contributed by atoms with Crippen LogP contribution in [-0.4, -0.2) is 61.9 Å². The molecule has 0 aliphatic carbocycles. The van der Waals surface area contributed by atoms with Crippen molar-refractivity contribution in [3.8, 4) is 11.5 Å². The lowest BCUT2D eigenvalue weighted by Crippen LogP contribution is -2.38. The molecule has 0 radical (unpaired) electrons. The fourth-order valence-corrected chi connectivity index (χ4v) is 5.47. The average molecular weight is 594 g/mol. The molecule has 11 heteroatoms. The number of carbonyl (C=O) groups is 3. The summed E-state index contributed by atoms with van der Waals surface area (Å²) >= 11 is 7.00. The lowest BCUT2D eigenvalue weighted by atomic mass is 10.1. The number of amides is 3. The molecule has 2 aliphatic heterocycles. The second-order valence-corrected chi connectivity index (χ2v) is 10.6. The third kappa shape index (κ3) is 6.84. The predicted octanol–water partition coefficient (Wildman–Crippen LogP) is 5.44. The Morgan fingerprint density at radius 2 is 1.80 bits per heavy atom. The van der Waals surface area contributed by atoms with Crippen LogP contribution >= 0.6 is 23.4 Å². The van der Waals surface area contributed by atoms with E-state index < -0.39 is 23.6 Å². The SMILES string of the molecule is COc1cc(/C=C2/SC(=O)N(CC(=O)Nc3ccccc3N3CCOCC3)C2=O)ccc1OCc1ccccc1Cl. The summed E-state index contributed by atoms with van der Waals surface area (Å²) < 4.78 is 16.8. The van der Waals surface area contributed by atoms with Gasteiger partial charge in [-0.2, -0.15) is 0 Å². The molecule has 2 saturated heterocycles.